The number of hydrogen-bond acceptors (Lipinski definition) is 4. The lowest BCUT2D eigenvalue weighted by atomic mass is 10.1. The molecule has 2 fully saturated rings. The first-order chi connectivity index (χ1) is 8.49. The standard InChI is InChI=1S/C10H13N3O5/c14-7-4-5(11-10(18)12-7)8(15)13-3-1-2-6(13)9(16)17/h5-6H,1-4H2,(H,16,17)(H2,11,12,14,18)/t5-,6?/m0/s1. The molecule has 98 valence electrons. The van der Waals surface area contributed by atoms with Crippen molar-refractivity contribution in [3.8, 4) is 0 Å². The average Bonchev–Trinajstić information content (AvgIpc) is 2.75. The van der Waals surface area contributed by atoms with Crippen LogP contribution >= 0.6 is 0 Å². The Morgan fingerprint density at radius 1 is 1.33 bits per heavy atom. The van der Waals surface area contributed by atoms with Gasteiger partial charge < -0.3 is 15.3 Å². The zero-order valence-corrected chi connectivity index (χ0v) is 9.51. The summed E-state index contributed by atoms with van der Waals surface area (Å²) in [6.45, 7) is 0.337. The molecule has 0 aromatic heterocycles. The third kappa shape index (κ3) is 2.27. The van der Waals surface area contributed by atoms with Crippen molar-refractivity contribution in [1.82, 2.24) is 15.5 Å². The molecule has 3 N–H and O–H groups in total. The Morgan fingerprint density at radius 3 is 2.67 bits per heavy atom. The van der Waals surface area contributed by atoms with Crippen LogP contribution in [0.25, 0.3) is 0 Å². The monoisotopic (exact) mass is 255 g/mol. The van der Waals surface area contributed by atoms with Crippen molar-refractivity contribution in [2.24, 2.45) is 0 Å². The van der Waals surface area contributed by atoms with Crippen molar-refractivity contribution < 1.29 is 24.3 Å². The number of nitrogens with one attached hydrogen (secondary N) is 2. The maximum absolute atomic E-state index is 12.1. The number of carbonyl (C=O) groups excluding carboxylic acids is 3. The number of carbonyl (C=O) groups is 4. The van der Waals surface area contributed by atoms with E-state index in [0.717, 1.165) is 0 Å². The molecule has 2 heterocycles. The Balaban J connectivity index is 2.08. The van der Waals surface area contributed by atoms with Crippen LogP contribution in [0.2, 0.25) is 0 Å². The SMILES string of the molecule is O=C1C[C@@H](C(=O)N2CCCC2C(=O)O)NC(=O)N1. The predicted octanol–water partition coefficient (Wildman–Crippen LogP) is -1.34. The number of rotatable bonds is 2. The van der Waals surface area contributed by atoms with Crippen LogP contribution in [0.1, 0.15) is 19.3 Å². The molecule has 0 aromatic carbocycles. The zero-order chi connectivity index (χ0) is 13.3. The highest BCUT2D eigenvalue weighted by Gasteiger charge is 2.39. The minimum atomic E-state index is -1.06. The van der Waals surface area contributed by atoms with E-state index >= 15 is 0 Å². The summed E-state index contributed by atoms with van der Waals surface area (Å²) in [6, 6.07) is -2.55. The normalized spacial score (nSPS) is 27.7. The van der Waals surface area contributed by atoms with Gasteiger partial charge in [0.15, 0.2) is 0 Å². The minimum Gasteiger partial charge on any atom is -0.480 e. The Labute approximate surface area is 102 Å². The summed E-state index contributed by atoms with van der Waals surface area (Å²) in [5.41, 5.74) is 0. The molecular formula is C10H13N3O5. The van der Waals surface area contributed by atoms with Crippen molar-refractivity contribution in [1.29, 1.82) is 0 Å². The van der Waals surface area contributed by atoms with Crippen LogP contribution in [-0.4, -0.2) is 52.4 Å². The molecule has 2 aliphatic rings. The predicted molar refractivity (Wildman–Crippen MR) is 57.5 cm³/mol. The number of imide groups is 1. The second-order valence-electron chi connectivity index (χ2n) is 4.31. The fourth-order valence-corrected chi connectivity index (χ4v) is 2.24. The average molecular weight is 255 g/mol. The summed E-state index contributed by atoms with van der Waals surface area (Å²) in [5.74, 6) is -2.11. The second-order valence-corrected chi connectivity index (χ2v) is 4.31. The summed E-state index contributed by atoms with van der Waals surface area (Å²) in [4.78, 5) is 46.5. The third-order valence-corrected chi connectivity index (χ3v) is 3.07. The molecule has 0 saturated carbocycles. The number of aliphatic carboxylic acids is 1. The van der Waals surface area contributed by atoms with E-state index in [1.807, 2.05) is 5.32 Å². The Hall–Kier alpha value is -2.12. The fraction of sp³-hybridized carbons (Fsp3) is 0.600. The van der Waals surface area contributed by atoms with Gasteiger partial charge in [-0.15, -0.1) is 0 Å². The van der Waals surface area contributed by atoms with Gasteiger partial charge in [-0.25, -0.2) is 9.59 Å². The fourth-order valence-electron chi connectivity index (χ4n) is 2.24. The first kappa shape index (κ1) is 12.3. The molecule has 0 aliphatic carbocycles. The molecule has 8 nitrogen and oxygen atoms in total. The quantitative estimate of drug-likeness (QED) is 0.564. The van der Waals surface area contributed by atoms with Gasteiger partial charge in [-0.1, -0.05) is 0 Å². The van der Waals surface area contributed by atoms with E-state index in [0.29, 0.717) is 19.4 Å². The smallest absolute Gasteiger partial charge is 0.326 e. The van der Waals surface area contributed by atoms with Gasteiger partial charge in [-0.2, -0.15) is 0 Å². The van der Waals surface area contributed by atoms with Gasteiger partial charge in [0.2, 0.25) is 11.8 Å². The lowest BCUT2D eigenvalue weighted by molar-refractivity contribution is -0.149. The molecule has 18 heavy (non-hydrogen) atoms. The number of carboxylic acid groups (broad SMARTS) is 1. The van der Waals surface area contributed by atoms with Gasteiger partial charge >= 0.3 is 12.0 Å². The highest BCUT2D eigenvalue weighted by molar-refractivity contribution is 6.03. The highest BCUT2D eigenvalue weighted by Crippen LogP contribution is 2.19. The largest absolute Gasteiger partial charge is 0.480 e. The van der Waals surface area contributed by atoms with Gasteiger partial charge in [0.1, 0.15) is 12.1 Å². The number of amides is 4. The first-order valence-electron chi connectivity index (χ1n) is 5.62. The van der Waals surface area contributed by atoms with E-state index in [4.69, 9.17) is 5.11 Å². The second kappa shape index (κ2) is 4.63. The first-order valence-corrected chi connectivity index (χ1v) is 5.62. The van der Waals surface area contributed by atoms with Gasteiger partial charge in [0, 0.05) is 6.54 Å². The Bertz CT molecular complexity index is 406. The van der Waals surface area contributed by atoms with E-state index in [1.54, 1.807) is 0 Å². The van der Waals surface area contributed by atoms with E-state index in [2.05, 4.69) is 5.32 Å². The van der Waals surface area contributed by atoms with Crippen molar-refractivity contribution in [2.75, 3.05) is 6.54 Å². The highest BCUT2D eigenvalue weighted by atomic mass is 16.4. The third-order valence-electron chi connectivity index (χ3n) is 3.07. The molecule has 2 rings (SSSR count). The molecule has 0 aromatic rings. The Morgan fingerprint density at radius 2 is 2.06 bits per heavy atom. The van der Waals surface area contributed by atoms with Crippen molar-refractivity contribution in [3.63, 3.8) is 0 Å². The molecule has 8 heteroatoms. The van der Waals surface area contributed by atoms with Crippen LogP contribution in [0.15, 0.2) is 0 Å². The lowest BCUT2D eigenvalue weighted by Gasteiger charge is -2.29. The van der Waals surface area contributed by atoms with Crippen molar-refractivity contribution in [2.45, 2.75) is 31.3 Å². The van der Waals surface area contributed by atoms with E-state index in [1.165, 1.54) is 4.90 Å². The van der Waals surface area contributed by atoms with Crippen LogP contribution in [0.3, 0.4) is 0 Å². The molecule has 2 atom stereocenters. The molecule has 0 spiro atoms. The number of urea groups is 1. The molecule has 0 bridgehead atoms. The maximum Gasteiger partial charge on any atom is 0.326 e. The summed E-state index contributed by atoms with van der Waals surface area (Å²) in [6.07, 6.45) is 0.844. The van der Waals surface area contributed by atoms with Crippen LogP contribution in [0, 0.1) is 0 Å². The van der Waals surface area contributed by atoms with Crippen LogP contribution in [0.4, 0.5) is 4.79 Å². The molecule has 2 saturated heterocycles. The van der Waals surface area contributed by atoms with Crippen LogP contribution in [-0.2, 0) is 14.4 Å². The maximum atomic E-state index is 12.1. The molecule has 4 amide bonds. The summed E-state index contributed by atoms with van der Waals surface area (Å²) < 4.78 is 0. The summed E-state index contributed by atoms with van der Waals surface area (Å²) in [5, 5.41) is 13.3. The van der Waals surface area contributed by atoms with E-state index in [-0.39, 0.29) is 6.42 Å². The summed E-state index contributed by atoms with van der Waals surface area (Å²) >= 11 is 0. The van der Waals surface area contributed by atoms with Gasteiger partial charge in [-0.3, -0.25) is 14.9 Å². The van der Waals surface area contributed by atoms with Crippen molar-refractivity contribution in [3.05, 3.63) is 0 Å². The van der Waals surface area contributed by atoms with Gasteiger partial charge in [0.25, 0.3) is 0 Å². The number of carboxylic acids is 1. The van der Waals surface area contributed by atoms with Crippen LogP contribution in [0.5, 0.6) is 0 Å². The number of likely N-dealkylation sites (tertiary alicyclic amines) is 1. The molecule has 2 aliphatic heterocycles. The van der Waals surface area contributed by atoms with Gasteiger partial charge in [0.05, 0.1) is 6.42 Å². The topological polar surface area (TPSA) is 116 Å². The zero-order valence-electron chi connectivity index (χ0n) is 9.51. The molecular weight excluding hydrogens is 242 g/mol. The molecule has 1 unspecified atom stereocenters. The Kier molecular flexibility index (Phi) is 3.17. The molecule has 0 radical (unpaired) electrons. The van der Waals surface area contributed by atoms with E-state index < -0.39 is 35.9 Å². The summed E-state index contributed by atoms with van der Waals surface area (Å²) in [7, 11) is 0. The van der Waals surface area contributed by atoms with Crippen molar-refractivity contribution >= 4 is 23.8 Å². The van der Waals surface area contributed by atoms with Crippen LogP contribution < -0.4 is 10.6 Å². The number of nitrogens with zero attached hydrogens (tertiary/aromatic N) is 1. The minimum absolute atomic E-state index is 0.159. The van der Waals surface area contributed by atoms with Gasteiger partial charge in [-0.05, 0) is 12.8 Å². The lowest BCUT2D eigenvalue weighted by Crippen LogP contribution is -2.59. The number of hydrogen-bond donors (Lipinski definition) is 3. The van der Waals surface area contributed by atoms with E-state index in [9.17, 15) is 19.2 Å².